The number of aromatic nitrogens is 1. The molecule has 2 aromatic rings. The van der Waals surface area contributed by atoms with Gasteiger partial charge in [-0.15, -0.1) is 0 Å². The van der Waals surface area contributed by atoms with Crippen LogP contribution in [-0.4, -0.2) is 10.8 Å². The largest absolute Gasteiger partial charge is 0.289 e. The molecule has 0 bridgehead atoms. The minimum atomic E-state index is -0.341. The molecular formula is C13H9BrFNO. The van der Waals surface area contributed by atoms with Crippen molar-refractivity contribution in [2.45, 2.75) is 6.92 Å². The summed E-state index contributed by atoms with van der Waals surface area (Å²) in [6, 6.07) is 5.82. The minimum absolute atomic E-state index is 0.156. The molecule has 86 valence electrons. The highest BCUT2D eigenvalue weighted by atomic mass is 79.9. The summed E-state index contributed by atoms with van der Waals surface area (Å²) in [5, 5.41) is 0. The number of nitrogens with zero attached hydrogens (tertiary/aromatic N) is 1. The molecule has 1 aromatic carbocycles. The van der Waals surface area contributed by atoms with Crippen LogP contribution in [0.3, 0.4) is 0 Å². The number of halogens is 2. The molecular weight excluding hydrogens is 285 g/mol. The van der Waals surface area contributed by atoms with E-state index in [0.29, 0.717) is 16.7 Å². The predicted octanol–water partition coefficient (Wildman–Crippen LogP) is 3.52. The number of benzene rings is 1. The van der Waals surface area contributed by atoms with Crippen molar-refractivity contribution in [3.8, 4) is 0 Å². The van der Waals surface area contributed by atoms with Crippen LogP contribution < -0.4 is 0 Å². The third-order valence-corrected chi connectivity index (χ3v) is 2.83. The van der Waals surface area contributed by atoms with Crippen LogP contribution in [0.5, 0.6) is 0 Å². The van der Waals surface area contributed by atoms with Crippen LogP contribution in [0.2, 0.25) is 0 Å². The molecule has 0 atom stereocenters. The van der Waals surface area contributed by atoms with Gasteiger partial charge in [0.1, 0.15) is 5.82 Å². The lowest BCUT2D eigenvalue weighted by Gasteiger charge is -2.05. The first-order valence-electron chi connectivity index (χ1n) is 4.99. The Morgan fingerprint density at radius 1 is 1.29 bits per heavy atom. The Morgan fingerprint density at radius 2 is 2.06 bits per heavy atom. The van der Waals surface area contributed by atoms with Gasteiger partial charge in [-0.3, -0.25) is 9.78 Å². The molecule has 17 heavy (non-hydrogen) atoms. The van der Waals surface area contributed by atoms with Crippen molar-refractivity contribution in [1.82, 2.24) is 4.98 Å². The van der Waals surface area contributed by atoms with E-state index in [1.807, 2.05) is 0 Å². The molecule has 0 amide bonds. The molecule has 0 aliphatic carbocycles. The van der Waals surface area contributed by atoms with Gasteiger partial charge in [-0.1, -0.05) is 0 Å². The Balaban J connectivity index is 2.44. The topological polar surface area (TPSA) is 30.0 Å². The van der Waals surface area contributed by atoms with E-state index in [0.717, 1.165) is 4.47 Å². The summed E-state index contributed by atoms with van der Waals surface area (Å²) in [5.41, 5.74) is 1.59. The minimum Gasteiger partial charge on any atom is -0.289 e. The lowest BCUT2D eigenvalue weighted by molar-refractivity contribution is 0.103. The van der Waals surface area contributed by atoms with E-state index in [1.54, 1.807) is 19.2 Å². The van der Waals surface area contributed by atoms with E-state index >= 15 is 0 Å². The number of hydrogen-bond acceptors (Lipinski definition) is 2. The molecule has 0 aliphatic rings. The maximum Gasteiger partial charge on any atom is 0.194 e. The van der Waals surface area contributed by atoms with Gasteiger partial charge in [-0.25, -0.2) is 4.39 Å². The maximum atomic E-state index is 12.9. The summed E-state index contributed by atoms with van der Waals surface area (Å²) < 4.78 is 13.7. The SMILES string of the molecule is Cc1cc(F)ccc1C(=O)c1cncc(Br)c1. The zero-order valence-corrected chi connectivity index (χ0v) is 10.7. The number of rotatable bonds is 2. The van der Waals surface area contributed by atoms with Crippen LogP contribution >= 0.6 is 15.9 Å². The number of aryl methyl sites for hydroxylation is 1. The number of ketones is 1. The quantitative estimate of drug-likeness (QED) is 0.793. The normalized spacial score (nSPS) is 10.3. The second kappa shape index (κ2) is 4.75. The highest BCUT2D eigenvalue weighted by Crippen LogP contribution is 2.17. The van der Waals surface area contributed by atoms with E-state index in [1.165, 1.54) is 24.4 Å². The third kappa shape index (κ3) is 2.58. The molecule has 2 rings (SSSR count). The zero-order valence-electron chi connectivity index (χ0n) is 9.08. The molecule has 0 aliphatic heterocycles. The van der Waals surface area contributed by atoms with Crippen molar-refractivity contribution in [3.63, 3.8) is 0 Å². The van der Waals surface area contributed by atoms with Crippen molar-refractivity contribution < 1.29 is 9.18 Å². The van der Waals surface area contributed by atoms with Gasteiger partial charge in [-0.05, 0) is 52.7 Å². The summed E-state index contributed by atoms with van der Waals surface area (Å²) >= 11 is 3.26. The average Bonchev–Trinajstić information content (AvgIpc) is 2.28. The highest BCUT2D eigenvalue weighted by molar-refractivity contribution is 9.10. The molecule has 0 saturated carbocycles. The van der Waals surface area contributed by atoms with Gasteiger partial charge in [0, 0.05) is 28.0 Å². The summed E-state index contributed by atoms with van der Waals surface area (Å²) in [6.45, 7) is 1.71. The van der Waals surface area contributed by atoms with Crippen molar-refractivity contribution >= 4 is 21.7 Å². The molecule has 0 unspecified atom stereocenters. The van der Waals surface area contributed by atoms with E-state index in [2.05, 4.69) is 20.9 Å². The van der Waals surface area contributed by atoms with Crippen LogP contribution in [0.15, 0.2) is 41.1 Å². The predicted molar refractivity (Wildman–Crippen MR) is 66.5 cm³/mol. The number of carbonyl (C=O) groups is 1. The zero-order chi connectivity index (χ0) is 12.4. The molecule has 1 heterocycles. The molecule has 0 saturated heterocycles. The van der Waals surface area contributed by atoms with Gasteiger partial charge in [0.05, 0.1) is 0 Å². The van der Waals surface area contributed by atoms with Crippen molar-refractivity contribution in [1.29, 1.82) is 0 Å². The van der Waals surface area contributed by atoms with Gasteiger partial charge in [0.15, 0.2) is 5.78 Å². The Labute approximate surface area is 107 Å². The lowest BCUT2D eigenvalue weighted by atomic mass is 10.0. The molecule has 1 aromatic heterocycles. The van der Waals surface area contributed by atoms with Gasteiger partial charge in [0.25, 0.3) is 0 Å². The van der Waals surface area contributed by atoms with Crippen LogP contribution in [0.4, 0.5) is 4.39 Å². The second-order valence-corrected chi connectivity index (χ2v) is 4.60. The third-order valence-electron chi connectivity index (χ3n) is 2.40. The Morgan fingerprint density at radius 3 is 2.71 bits per heavy atom. The second-order valence-electron chi connectivity index (χ2n) is 3.68. The van der Waals surface area contributed by atoms with Gasteiger partial charge in [0.2, 0.25) is 0 Å². The van der Waals surface area contributed by atoms with Gasteiger partial charge in [-0.2, -0.15) is 0 Å². The van der Waals surface area contributed by atoms with Crippen LogP contribution in [0.25, 0.3) is 0 Å². The van der Waals surface area contributed by atoms with E-state index < -0.39 is 0 Å². The first-order chi connectivity index (χ1) is 8.08. The fourth-order valence-corrected chi connectivity index (χ4v) is 1.94. The number of carbonyl (C=O) groups excluding carboxylic acids is 1. The van der Waals surface area contributed by atoms with Crippen LogP contribution in [0.1, 0.15) is 21.5 Å². The lowest BCUT2D eigenvalue weighted by Crippen LogP contribution is -2.04. The van der Waals surface area contributed by atoms with Gasteiger partial charge >= 0.3 is 0 Å². The van der Waals surface area contributed by atoms with E-state index in [4.69, 9.17) is 0 Å². The van der Waals surface area contributed by atoms with Crippen LogP contribution in [-0.2, 0) is 0 Å². The van der Waals surface area contributed by atoms with Crippen molar-refractivity contribution in [2.75, 3.05) is 0 Å². The Kier molecular flexibility index (Phi) is 3.33. The Hall–Kier alpha value is -1.55. The van der Waals surface area contributed by atoms with E-state index in [-0.39, 0.29) is 11.6 Å². The molecule has 2 nitrogen and oxygen atoms in total. The van der Waals surface area contributed by atoms with Crippen molar-refractivity contribution in [3.05, 3.63) is 63.6 Å². The Bertz CT molecular complexity index is 583. The number of pyridine rings is 1. The molecule has 0 N–H and O–H groups in total. The van der Waals surface area contributed by atoms with E-state index in [9.17, 15) is 9.18 Å². The fourth-order valence-electron chi connectivity index (χ4n) is 1.57. The number of hydrogen-bond donors (Lipinski definition) is 0. The summed E-state index contributed by atoms with van der Waals surface area (Å²) in [6.07, 6.45) is 3.10. The first-order valence-corrected chi connectivity index (χ1v) is 5.78. The standard InChI is InChI=1S/C13H9BrFNO/c1-8-4-11(15)2-3-12(8)13(17)9-5-10(14)7-16-6-9/h2-7H,1H3. The molecule has 4 heteroatoms. The van der Waals surface area contributed by atoms with Crippen LogP contribution in [0, 0.1) is 12.7 Å². The summed E-state index contributed by atoms with van der Waals surface area (Å²) in [4.78, 5) is 16.1. The molecule has 0 fully saturated rings. The smallest absolute Gasteiger partial charge is 0.194 e. The molecule has 0 spiro atoms. The summed E-state index contributed by atoms with van der Waals surface area (Å²) in [5.74, 6) is -0.497. The average molecular weight is 294 g/mol. The fraction of sp³-hybridized carbons (Fsp3) is 0.0769. The monoisotopic (exact) mass is 293 g/mol. The highest BCUT2D eigenvalue weighted by Gasteiger charge is 2.12. The maximum absolute atomic E-state index is 12.9. The summed E-state index contributed by atoms with van der Waals surface area (Å²) in [7, 11) is 0. The van der Waals surface area contributed by atoms with Crippen molar-refractivity contribution in [2.24, 2.45) is 0 Å². The van der Waals surface area contributed by atoms with Gasteiger partial charge < -0.3 is 0 Å². The molecule has 0 radical (unpaired) electrons. The first kappa shape index (κ1) is 11.9.